The van der Waals surface area contributed by atoms with E-state index in [-0.39, 0.29) is 0 Å². The molecule has 86 valence electrons. The number of rotatable bonds is 5. The fourth-order valence-corrected chi connectivity index (χ4v) is 2.20. The lowest BCUT2D eigenvalue weighted by Crippen LogP contribution is -2.41. The predicted molar refractivity (Wildman–Crippen MR) is 63.7 cm³/mol. The molecule has 2 aliphatic carbocycles. The van der Waals surface area contributed by atoms with E-state index in [1.54, 1.807) is 0 Å². The number of nitrogens with zero attached hydrogens (tertiary/aromatic N) is 1. The minimum atomic E-state index is 0.705. The molecular weight excluding hydrogens is 198 g/mol. The molecule has 0 heterocycles. The van der Waals surface area contributed by atoms with Crippen molar-refractivity contribution in [2.75, 3.05) is 0 Å². The highest BCUT2D eigenvalue weighted by Gasteiger charge is 2.37. The van der Waals surface area contributed by atoms with E-state index in [4.69, 9.17) is 4.84 Å². The second kappa shape index (κ2) is 4.56. The largest absolute Gasteiger partial charge is 0.294 e. The Morgan fingerprint density at radius 1 is 1.00 bits per heavy atom. The molecule has 0 aliphatic heterocycles. The molecule has 0 bridgehead atoms. The highest BCUT2D eigenvalue weighted by molar-refractivity contribution is 5.13. The lowest BCUT2D eigenvalue weighted by Gasteiger charge is -2.36. The molecule has 0 unspecified atom stereocenters. The quantitative estimate of drug-likeness (QED) is 0.703. The molecule has 2 aliphatic rings. The first-order valence-corrected chi connectivity index (χ1v) is 6.38. The lowest BCUT2D eigenvalue weighted by atomic mass is 9.93. The number of hydrogen-bond donors (Lipinski definition) is 0. The molecule has 2 nitrogen and oxygen atoms in total. The zero-order valence-electron chi connectivity index (χ0n) is 9.64. The third-order valence-corrected chi connectivity index (χ3v) is 3.56. The van der Waals surface area contributed by atoms with Crippen LogP contribution in [0.3, 0.4) is 0 Å². The molecule has 0 saturated heterocycles. The van der Waals surface area contributed by atoms with Gasteiger partial charge in [-0.05, 0) is 31.2 Å². The van der Waals surface area contributed by atoms with Crippen molar-refractivity contribution >= 4 is 0 Å². The molecule has 0 radical (unpaired) electrons. The van der Waals surface area contributed by atoms with E-state index in [0.717, 1.165) is 6.61 Å². The molecule has 0 spiro atoms. The van der Waals surface area contributed by atoms with Gasteiger partial charge >= 0.3 is 0 Å². The maximum Gasteiger partial charge on any atom is 0.0936 e. The van der Waals surface area contributed by atoms with Gasteiger partial charge in [-0.25, -0.2) is 0 Å². The van der Waals surface area contributed by atoms with E-state index >= 15 is 0 Å². The summed E-state index contributed by atoms with van der Waals surface area (Å²) >= 11 is 0. The Labute approximate surface area is 97.2 Å². The van der Waals surface area contributed by atoms with E-state index in [1.807, 2.05) is 6.07 Å². The minimum absolute atomic E-state index is 0.705. The molecule has 2 saturated carbocycles. The molecule has 1 aromatic carbocycles. The van der Waals surface area contributed by atoms with Gasteiger partial charge in [0, 0.05) is 12.1 Å². The fraction of sp³-hybridized carbons (Fsp3) is 0.571. The van der Waals surface area contributed by atoms with Crippen LogP contribution in [-0.4, -0.2) is 17.1 Å². The average Bonchev–Trinajstić information content (AvgIpc) is 3.06. The van der Waals surface area contributed by atoms with Crippen molar-refractivity contribution in [1.82, 2.24) is 5.06 Å². The summed E-state index contributed by atoms with van der Waals surface area (Å²) in [6, 6.07) is 11.9. The summed E-state index contributed by atoms with van der Waals surface area (Å²) in [5.41, 5.74) is 1.27. The molecule has 16 heavy (non-hydrogen) atoms. The first-order valence-electron chi connectivity index (χ1n) is 6.38. The summed E-state index contributed by atoms with van der Waals surface area (Å²) < 4.78 is 0. The summed E-state index contributed by atoms with van der Waals surface area (Å²) in [6.45, 7) is 0.730. The van der Waals surface area contributed by atoms with Crippen LogP contribution in [0.2, 0.25) is 0 Å². The van der Waals surface area contributed by atoms with Crippen LogP contribution >= 0.6 is 0 Å². The van der Waals surface area contributed by atoms with Crippen LogP contribution in [0.25, 0.3) is 0 Å². The molecule has 1 aromatic rings. The van der Waals surface area contributed by atoms with E-state index in [2.05, 4.69) is 29.3 Å². The second-order valence-electron chi connectivity index (χ2n) is 4.93. The van der Waals surface area contributed by atoms with Gasteiger partial charge in [-0.15, -0.1) is 0 Å². The summed E-state index contributed by atoms with van der Waals surface area (Å²) in [5.74, 6) is 0. The van der Waals surface area contributed by atoms with Crippen LogP contribution in [0.5, 0.6) is 0 Å². The normalized spacial score (nSPS) is 21.1. The SMILES string of the molecule is c1ccc(CON(C2CCC2)C2CC2)cc1. The van der Waals surface area contributed by atoms with Gasteiger partial charge in [0.05, 0.1) is 6.61 Å². The van der Waals surface area contributed by atoms with Crippen molar-refractivity contribution in [3.63, 3.8) is 0 Å². The Morgan fingerprint density at radius 2 is 1.69 bits per heavy atom. The van der Waals surface area contributed by atoms with Crippen molar-refractivity contribution in [2.45, 2.75) is 50.8 Å². The van der Waals surface area contributed by atoms with E-state index in [1.165, 1.54) is 37.7 Å². The molecule has 0 N–H and O–H groups in total. The predicted octanol–water partition coefficient (Wildman–Crippen LogP) is 3.14. The monoisotopic (exact) mass is 217 g/mol. The van der Waals surface area contributed by atoms with Crippen LogP contribution in [0.4, 0.5) is 0 Å². The van der Waals surface area contributed by atoms with Crippen LogP contribution in [0, 0.1) is 0 Å². The molecular formula is C14H19NO. The number of hydroxylamine groups is 2. The van der Waals surface area contributed by atoms with Crippen molar-refractivity contribution in [2.24, 2.45) is 0 Å². The Hall–Kier alpha value is -0.860. The van der Waals surface area contributed by atoms with Crippen LogP contribution in [0.1, 0.15) is 37.7 Å². The number of hydrogen-bond acceptors (Lipinski definition) is 2. The second-order valence-corrected chi connectivity index (χ2v) is 4.93. The molecule has 0 aromatic heterocycles. The fourth-order valence-electron chi connectivity index (χ4n) is 2.20. The third-order valence-electron chi connectivity index (χ3n) is 3.56. The Bertz CT molecular complexity index is 330. The van der Waals surface area contributed by atoms with Gasteiger partial charge in [0.25, 0.3) is 0 Å². The van der Waals surface area contributed by atoms with Gasteiger partial charge in [-0.2, -0.15) is 5.06 Å². The van der Waals surface area contributed by atoms with Crippen LogP contribution in [0.15, 0.2) is 30.3 Å². The van der Waals surface area contributed by atoms with E-state index in [9.17, 15) is 0 Å². The Kier molecular flexibility index (Phi) is 2.94. The van der Waals surface area contributed by atoms with Gasteiger partial charge < -0.3 is 0 Å². The minimum Gasteiger partial charge on any atom is -0.294 e. The highest BCUT2D eigenvalue weighted by atomic mass is 16.7. The van der Waals surface area contributed by atoms with Gasteiger partial charge in [-0.3, -0.25) is 4.84 Å². The van der Waals surface area contributed by atoms with Crippen LogP contribution < -0.4 is 0 Å². The molecule has 0 amide bonds. The molecule has 2 heteroatoms. The van der Waals surface area contributed by atoms with Crippen molar-refractivity contribution in [3.05, 3.63) is 35.9 Å². The summed E-state index contributed by atoms with van der Waals surface area (Å²) in [5, 5.41) is 2.29. The van der Waals surface area contributed by atoms with Gasteiger partial charge in [-0.1, -0.05) is 36.8 Å². The van der Waals surface area contributed by atoms with E-state index < -0.39 is 0 Å². The van der Waals surface area contributed by atoms with Crippen molar-refractivity contribution in [1.29, 1.82) is 0 Å². The average molecular weight is 217 g/mol. The third kappa shape index (κ3) is 2.28. The first-order chi connectivity index (χ1) is 7.93. The Morgan fingerprint density at radius 3 is 2.25 bits per heavy atom. The van der Waals surface area contributed by atoms with Gasteiger partial charge in [0.1, 0.15) is 0 Å². The topological polar surface area (TPSA) is 12.5 Å². The standard InChI is InChI=1S/C14H19NO/c1-2-5-12(6-3-1)11-16-15(14-9-10-14)13-7-4-8-13/h1-3,5-6,13-14H,4,7-11H2. The summed E-state index contributed by atoms with van der Waals surface area (Å²) in [7, 11) is 0. The van der Waals surface area contributed by atoms with Crippen molar-refractivity contribution in [3.8, 4) is 0 Å². The summed E-state index contributed by atoms with van der Waals surface area (Å²) in [6.07, 6.45) is 6.68. The maximum absolute atomic E-state index is 5.99. The zero-order chi connectivity index (χ0) is 10.8. The summed E-state index contributed by atoms with van der Waals surface area (Å²) in [4.78, 5) is 5.99. The maximum atomic E-state index is 5.99. The van der Waals surface area contributed by atoms with Crippen molar-refractivity contribution < 1.29 is 4.84 Å². The lowest BCUT2D eigenvalue weighted by molar-refractivity contribution is -0.217. The zero-order valence-corrected chi connectivity index (χ0v) is 9.64. The first kappa shape index (κ1) is 10.3. The van der Waals surface area contributed by atoms with Gasteiger partial charge in [0.2, 0.25) is 0 Å². The van der Waals surface area contributed by atoms with Gasteiger partial charge in [0.15, 0.2) is 0 Å². The Balaban J connectivity index is 1.55. The highest BCUT2D eigenvalue weighted by Crippen LogP contribution is 2.35. The number of benzene rings is 1. The molecule has 0 atom stereocenters. The smallest absolute Gasteiger partial charge is 0.0936 e. The van der Waals surface area contributed by atoms with Crippen LogP contribution in [-0.2, 0) is 11.4 Å². The molecule has 2 fully saturated rings. The molecule has 3 rings (SSSR count). The van der Waals surface area contributed by atoms with E-state index in [0.29, 0.717) is 12.1 Å².